The Hall–Kier alpha value is -3.12. The van der Waals surface area contributed by atoms with Crippen LogP contribution in [0, 0.1) is 11.7 Å². The van der Waals surface area contributed by atoms with Crippen LogP contribution in [0.5, 0.6) is 5.75 Å². The highest BCUT2D eigenvalue weighted by Gasteiger charge is 2.36. The number of aliphatic hydroxyl groups excluding tert-OH is 1. The molecule has 5 rings (SSSR count). The highest BCUT2D eigenvalue weighted by Crippen LogP contribution is 2.32. The van der Waals surface area contributed by atoms with Gasteiger partial charge in [0.25, 0.3) is 0 Å². The van der Waals surface area contributed by atoms with E-state index in [0.717, 1.165) is 23.3 Å². The molecule has 0 bridgehead atoms. The summed E-state index contributed by atoms with van der Waals surface area (Å²) >= 11 is 1.32. The van der Waals surface area contributed by atoms with Crippen molar-refractivity contribution in [3.8, 4) is 16.5 Å². The van der Waals surface area contributed by atoms with E-state index in [9.17, 15) is 19.4 Å². The topological polar surface area (TPSA) is 105 Å². The number of nitrogens with zero attached hydrogens (tertiary/aromatic N) is 5. The lowest BCUT2D eigenvalue weighted by Gasteiger charge is -2.43. The third-order valence-electron chi connectivity index (χ3n) is 7.81. The number of thiazole rings is 1. The van der Waals surface area contributed by atoms with Gasteiger partial charge in [0.15, 0.2) is 5.69 Å². The number of imidazole rings is 1. The Kier molecular flexibility index (Phi) is 8.88. The standard InChI is InChI=1S/C30H38FN5O4S/c1-5-7-23(28(38)34-16-21(6-2)40-24(17-34)18(3)4)35-12-13-36-29(39)26(37)25(33-30(35)36)27-32-15-22(41-27)14-19-8-10-20(31)11-9-19/h8-13,15,18,21,23-24,28,37-38H,5-7,14,16-17H2,1-4H3. The Bertz CT molecular complexity index is 1530. The molecule has 9 nitrogen and oxygen atoms in total. The van der Waals surface area contributed by atoms with Gasteiger partial charge < -0.3 is 19.5 Å². The maximum absolute atomic E-state index is 13.3. The quantitative estimate of drug-likeness (QED) is 0.275. The van der Waals surface area contributed by atoms with Crippen molar-refractivity contribution < 1.29 is 19.3 Å². The monoisotopic (exact) mass is 583 g/mol. The molecule has 0 saturated carbocycles. The van der Waals surface area contributed by atoms with Crippen LogP contribution in [-0.2, 0) is 11.2 Å². The van der Waals surface area contributed by atoms with Crippen LogP contribution in [0.15, 0.2) is 47.7 Å². The van der Waals surface area contributed by atoms with Crippen molar-refractivity contribution >= 4 is 17.1 Å². The van der Waals surface area contributed by atoms with Gasteiger partial charge in [-0.25, -0.2) is 18.8 Å². The van der Waals surface area contributed by atoms with Crippen molar-refractivity contribution in [2.24, 2.45) is 5.92 Å². The van der Waals surface area contributed by atoms with Crippen molar-refractivity contribution in [2.45, 2.75) is 77.9 Å². The van der Waals surface area contributed by atoms with Gasteiger partial charge in [0.1, 0.15) is 17.1 Å². The largest absolute Gasteiger partial charge is 0.501 e. The number of benzene rings is 1. The lowest BCUT2D eigenvalue weighted by atomic mass is 10.0. The molecule has 1 aliphatic rings. The molecule has 11 heteroatoms. The number of halogens is 1. The minimum Gasteiger partial charge on any atom is -0.501 e. The van der Waals surface area contributed by atoms with E-state index in [2.05, 4.69) is 37.6 Å². The molecule has 4 unspecified atom stereocenters. The van der Waals surface area contributed by atoms with E-state index in [1.54, 1.807) is 30.7 Å². The molecule has 1 aromatic carbocycles. The summed E-state index contributed by atoms with van der Waals surface area (Å²) in [4.78, 5) is 25.4. The van der Waals surface area contributed by atoms with E-state index in [0.29, 0.717) is 42.6 Å². The summed E-state index contributed by atoms with van der Waals surface area (Å²) in [5.41, 5.74) is 0.432. The number of aromatic hydroxyl groups is 1. The molecule has 1 fully saturated rings. The van der Waals surface area contributed by atoms with Crippen LogP contribution < -0.4 is 5.56 Å². The van der Waals surface area contributed by atoms with E-state index in [-0.39, 0.29) is 29.8 Å². The number of hydrogen-bond donors (Lipinski definition) is 2. The Morgan fingerprint density at radius 3 is 2.61 bits per heavy atom. The van der Waals surface area contributed by atoms with Gasteiger partial charge >= 0.3 is 5.56 Å². The average molecular weight is 584 g/mol. The highest BCUT2D eigenvalue weighted by atomic mass is 32.1. The number of aromatic nitrogens is 4. The molecule has 1 saturated heterocycles. The Balaban J connectivity index is 1.49. The van der Waals surface area contributed by atoms with Crippen LogP contribution in [-0.4, -0.2) is 65.6 Å². The van der Waals surface area contributed by atoms with Crippen molar-refractivity contribution in [3.05, 3.63) is 69.5 Å². The predicted molar refractivity (Wildman–Crippen MR) is 157 cm³/mol. The van der Waals surface area contributed by atoms with Gasteiger partial charge in [-0.3, -0.25) is 9.69 Å². The molecule has 0 spiro atoms. The van der Waals surface area contributed by atoms with E-state index in [1.807, 2.05) is 4.57 Å². The average Bonchev–Trinajstić information content (AvgIpc) is 3.61. The fraction of sp³-hybridized carbons (Fsp3) is 0.500. The molecule has 4 aromatic rings. The molecule has 0 aliphatic carbocycles. The Labute approximate surface area is 242 Å². The zero-order valence-corrected chi connectivity index (χ0v) is 24.7. The molecule has 1 aliphatic heterocycles. The summed E-state index contributed by atoms with van der Waals surface area (Å²) < 4.78 is 22.7. The normalized spacial score (nSPS) is 19.7. The first kappa shape index (κ1) is 29.4. The molecule has 2 N–H and O–H groups in total. The van der Waals surface area contributed by atoms with Crippen LogP contribution in [0.4, 0.5) is 4.39 Å². The second kappa shape index (κ2) is 12.4. The third kappa shape index (κ3) is 6.08. The number of morpholine rings is 1. The zero-order valence-electron chi connectivity index (χ0n) is 23.9. The molecule has 0 amide bonds. The summed E-state index contributed by atoms with van der Waals surface area (Å²) in [6, 6.07) is 5.89. The van der Waals surface area contributed by atoms with Crippen LogP contribution in [0.1, 0.15) is 63.4 Å². The lowest BCUT2D eigenvalue weighted by Crippen LogP contribution is -2.55. The smallest absolute Gasteiger partial charge is 0.302 e. The number of aliphatic hydroxyl groups is 1. The van der Waals surface area contributed by atoms with Crippen molar-refractivity contribution in [2.75, 3.05) is 13.1 Å². The third-order valence-corrected chi connectivity index (χ3v) is 8.81. The zero-order chi connectivity index (χ0) is 29.3. The summed E-state index contributed by atoms with van der Waals surface area (Å²) in [6.45, 7) is 9.65. The molecule has 4 atom stereocenters. The van der Waals surface area contributed by atoms with E-state index in [4.69, 9.17) is 9.72 Å². The minimum absolute atomic E-state index is 0.0188. The molecule has 0 radical (unpaired) electrons. The maximum atomic E-state index is 13.3. The highest BCUT2D eigenvalue weighted by molar-refractivity contribution is 7.15. The summed E-state index contributed by atoms with van der Waals surface area (Å²) in [5, 5.41) is 23.0. The predicted octanol–water partition coefficient (Wildman–Crippen LogP) is 4.85. The van der Waals surface area contributed by atoms with Gasteiger partial charge in [0.05, 0.1) is 18.2 Å². The number of fused-ring (bicyclic) bond motifs is 1. The van der Waals surface area contributed by atoms with Gasteiger partial charge in [-0.1, -0.05) is 46.2 Å². The lowest BCUT2D eigenvalue weighted by molar-refractivity contribution is -0.154. The van der Waals surface area contributed by atoms with Crippen LogP contribution in [0.2, 0.25) is 0 Å². The summed E-state index contributed by atoms with van der Waals surface area (Å²) in [7, 11) is 0. The van der Waals surface area contributed by atoms with Crippen LogP contribution in [0.3, 0.4) is 0 Å². The fourth-order valence-electron chi connectivity index (χ4n) is 5.43. The first-order valence-corrected chi connectivity index (χ1v) is 15.1. The van der Waals surface area contributed by atoms with Gasteiger partial charge in [-0.05, 0) is 36.5 Å². The van der Waals surface area contributed by atoms with E-state index >= 15 is 0 Å². The Morgan fingerprint density at radius 1 is 1.17 bits per heavy atom. The number of hydrogen-bond acceptors (Lipinski definition) is 8. The van der Waals surface area contributed by atoms with E-state index < -0.39 is 17.5 Å². The van der Waals surface area contributed by atoms with Gasteiger partial charge in [0.2, 0.25) is 11.5 Å². The fourth-order valence-corrected chi connectivity index (χ4v) is 6.36. The second-order valence-corrected chi connectivity index (χ2v) is 12.2. The molecular weight excluding hydrogens is 545 g/mol. The summed E-state index contributed by atoms with van der Waals surface area (Å²) in [6.07, 6.45) is 7.12. The molecule has 4 heterocycles. The summed E-state index contributed by atoms with van der Waals surface area (Å²) in [5.74, 6) is -0.131. The molecule has 41 heavy (non-hydrogen) atoms. The first-order chi connectivity index (χ1) is 19.7. The number of ether oxygens (including phenoxy) is 1. The second-order valence-electron chi connectivity index (χ2n) is 11.1. The van der Waals surface area contributed by atoms with Crippen molar-refractivity contribution in [1.82, 2.24) is 23.8 Å². The van der Waals surface area contributed by atoms with Crippen molar-refractivity contribution in [3.63, 3.8) is 0 Å². The Morgan fingerprint density at radius 2 is 1.93 bits per heavy atom. The van der Waals surface area contributed by atoms with Crippen LogP contribution in [0.25, 0.3) is 16.5 Å². The SMILES string of the molecule is CCCC(C(O)N1CC(CC)OC(C(C)C)C1)n1ccn2c(=O)c(O)c(-c3ncc(Cc4ccc(F)cc4)s3)nc12. The van der Waals surface area contributed by atoms with Crippen molar-refractivity contribution in [1.29, 1.82) is 0 Å². The first-order valence-electron chi connectivity index (χ1n) is 14.3. The molecule has 220 valence electrons. The van der Waals surface area contributed by atoms with Gasteiger partial charge in [0, 0.05) is 43.0 Å². The maximum Gasteiger partial charge on any atom is 0.302 e. The number of rotatable bonds is 10. The molecule has 3 aromatic heterocycles. The minimum atomic E-state index is -0.818. The van der Waals surface area contributed by atoms with Gasteiger partial charge in [-0.2, -0.15) is 0 Å². The molecular formula is C30H38FN5O4S. The van der Waals surface area contributed by atoms with E-state index in [1.165, 1.54) is 27.9 Å². The van der Waals surface area contributed by atoms with Gasteiger partial charge in [-0.15, -0.1) is 11.3 Å². The van der Waals surface area contributed by atoms with Crippen LogP contribution >= 0.6 is 11.3 Å².